The molecule has 6 nitrogen and oxygen atoms in total. The zero-order chi connectivity index (χ0) is 13.9. The van der Waals surface area contributed by atoms with Crippen molar-refractivity contribution in [2.45, 2.75) is 39.3 Å². The highest BCUT2D eigenvalue weighted by molar-refractivity contribution is 5.00. The molecule has 0 radical (unpaired) electrons. The number of aromatic nitrogens is 2. The molecular formula is C13H24N4O2. The Kier molecular flexibility index (Phi) is 4.54. The molecule has 1 aromatic heterocycles. The van der Waals surface area contributed by atoms with Gasteiger partial charge in [0.1, 0.15) is 5.60 Å². The van der Waals surface area contributed by atoms with Crippen LogP contribution in [0.5, 0.6) is 0 Å². The molecule has 0 saturated carbocycles. The van der Waals surface area contributed by atoms with Gasteiger partial charge in [0, 0.05) is 32.8 Å². The van der Waals surface area contributed by atoms with Gasteiger partial charge in [-0.1, -0.05) is 5.16 Å². The molecule has 19 heavy (non-hydrogen) atoms. The summed E-state index contributed by atoms with van der Waals surface area (Å²) in [6.45, 7) is 12.7. The number of hydrogen-bond donors (Lipinski definition) is 1. The molecule has 2 rings (SSSR count). The van der Waals surface area contributed by atoms with Crippen molar-refractivity contribution in [2.24, 2.45) is 0 Å². The van der Waals surface area contributed by atoms with E-state index in [9.17, 15) is 0 Å². The lowest BCUT2D eigenvalue weighted by molar-refractivity contribution is -0.0221. The molecule has 6 heteroatoms. The second-order valence-corrected chi connectivity index (χ2v) is 5.36. The van der Waals surface area contributed by atoms with E-state index in [0.717, 1.165) is 26.2 Å². The van der Waals surface area contributed by atoms with E-state index in [1.807, 2.05) is 20.8 Å². The fourth-order valence-corrected chi connectivity index (χ4v) is 2.30. The number of ether oxygens (including phenoxy) is 1. The summed E-state index contributed by atoms with van der Waals surface area (Å²) in [5.41, 5.74) is -0.500. The van der Waals surface area contributed by atoms with Gasteiger partial charge in [0.2, 0.25) is 11.7 Å². The molecule has 2 heterocycles. The Balaban J connectivity index is 2.07. The van der Waals surface area contributed by atoms with Gasteiger partial charge in [-0.2, -0.15) is 4.98 Å². The molecule has 1 saturated heterocycles. The highest BCUT2D eigenvalue weighted by Crippen LogP contribution is 2.25. The zero-order valence-corrected chi connectivity index (χ0v) is 12.3. The van der Waals surface area contributed by atoms with Crippen LogP contribution in [-0.2, 0) is 10.3 Å². The Bertz CT molecular complexity index is 399. The van der Waals surface area contributed by atoms with Crippen molar-refractivity contribution in [1.82, 2.24) is 20.4 Å². The number of nitrogens with one attached hydrogen (secondary N) is 1. The summed E-state index contributed by atoms with van der Waals surface area (Å²) in [6, 6.07) is 0.153. The molecule has 1 atom stereocenters. The smallest absolute Gasteiger partial charge is 0.243 e. The fourth-order valence-electron chi connectivity index (χ4n) is 2.30. The molecule has 1 aromatic rings. The monoisotopic (exact) mass is 268 g/mol. The maximum absolute atomic E-state index is 5.65. The molecule has 1 N–H and O–H groups in total. The van der Waals surface area contributed by atoms with E-state index < -0.39 is 5.60 Å². The van der Waals surface area contributed by atoms with Gasteiger partial charge in [-0.25, -0.2) is 0 Å². The van der Waals surface area contributed by atoms with Crippen molar-refractivity contribution in [1.29, 1.82) is 0 Å². The lowest BCUT2D eigenvalue weighted by atomic mass is 10.1. The lowest BCUT2D eigenvalue weighted by Gasteiger charge is -2.30. The number of piperazine rings is 1. The van der Waals surface area contributed by atoms with Crippen LogP contribution in [-0.4, -0.2) is 47.8 Å². The highest BCUT2D eigenvalue weighted by atomic mass is 16.5. The van der Waals surface area contributed by atoms with E-state index in [1.54, 1.807) is 0 Å². The highest BCUT2D eigenvalue weighted by Gasteiger charge is 2.30. The van der Waals surface area contributed by atoms with Crippen molar-refractivity contribution in [3.63, 3.8) is 0 Å². The van der Waals surface area contributed by atoms with Gasteiger partial charge in [0.15, 0.2) is 0 Å². The molecule has 0 amide bonds. The molecule has 0 aromatic carbocycles. The van der Waals surface area contributed by atoms with E-state index in [0.29, 0.717) is 18.3 Å². The van der Waals surface area contributed by atoms with Crippen LogP contribution >= 0.6 is 0 Å². The van der Waals surface area contributed by atoms with E-state index in [-0.39, 0.29) is 6.04 Å². The molecule has 1 aliphatic rings. The fraction of sp³-hybridized carbons (Fsp3) is 0.846. The van der Waals surface area contributed by atoms with Crippen molar-refractivity contribution in [3.8, 4) is 0 Å². The van der Waals surface area contributed by atoms with Crippen molar-refractivity contribution in [2.75, 3.05) is 32.8 Å². The van der Waals surface area contributed by atoms with E-state index in [1.165, 1.54) is 0 Å². The first kappa shape index (κ1) is 14.4. The first-order valence-electron chi connectivity index (χ1n) is 6.97. The molecule has 1 aliphatic heterocycles. The van der Waals surface area contributed by atoms with Crippen LogP contribution in [0.1, 0.15) is 45.5 Å². The number of nitrogens with zero attached hydrogens (tertiary/aromatic N) is 3. The standard InChI is InChI=1S/C13H24N4O2/c1-5-18-13(3,4)12-15-11(19-16-12)10(2)17-8-6-14-7-9-17/h10,14H,5-9H2,1-4H3. The summed E-state index contributed by atoms with van der Waals surface area (Å²) < 4.78 is 11.1. The van der Waals surface area contributed by atoms with Crippen LogP contribution in [0.3, 0.4) is 0 Å². The Hall–Kier alpha value is -0.980. The van der Waals surface area contributed by atoms with Crippen LogP contribution in [0.2, 0.25) is 0 Å². The molecule has 0 bridgehead atoms. The molecular weight excluding hydrogens is 244 g/mol. The predicted octanol–water partition coefficient (Wildman–Crippen LogP) is 1.31. The van der Waals surface area contributed by atoms with Crippen LogP contribution < -0.4 is 5.32 Å². The van der Waals surface area contributed by atoms with E-state index >= 15 is 0 Å². The molecule has 1 unspecified atom stereocenters. The Labute approximate surface area is 114 Å². The third-order valence-corrected chi connectivity index (χ3v) is 3.54. The van der Waals surface area contributed by atoms with Crippen LogP contribution in [0.15, 0.2) is 4.52 Å². The second-order valence-electron chi connectivity index (χ2n) is 5.36. The normalized spacial score (nSPS) is 19.6. The predicted molar refractivity (Wildman–Crippen MR) is 71.8 cm³/mol. The third-order valence-electron chi connectivity index (χ3n) is 3.54. The van der Waals surface area contributed by atoms with Crippen LogP contribution in [0.25, 0.3) is 0 Å². The summed E-state index contributed by atoms with van der Waals surface area (Å²) >= 11 is 0. The van der Waals surface area contributed by atoms with Crippen molar-refractivity contribution >= 4 is 0 Å². The van der Waals surface area contributed by atoms with Gasteiger partial charge in [-0.15, -0.1) is 0 Å². The summed E-state index contributed by atoms with van der Waals surface area (Å²) in [7, 11) is 0. The Morgan fingerprint density at radius 3 is 2.74 bits per heavy atom. The van der Waals surface area contributed by atoms with E-state index in [4.69, 9.17) is 9.26 Å². The minimum atomic E-state index is -0.500. The Morgan fingerprint density at radius 1 is 1.42 bits per heavy atom. The van der Waals surface area contributed by atoms with E-state index in [2.05, 4.69) is 27.3 Å². The van der Waals surface area contributed by atoms with Gasteiger partial charge in [0.25, 0.3) is 0 Å². The van der Waals surface area contributed by atoms with Gasteiger partial charge < -0.3 is 14.6 Å². The summed E-state index contributed by atoms with van der Waals surface area (Å²) in [5, 5.41) is 7.41. The largest absolute Gasteiger partial charge is 0.368 e. The van der Waals surface area contributed by atoms with Gasteiger partial charge in [0.05, 0.1) is 6.04 Å². The quantitative estimate of drug-likeness (QED) is 0.868. The van der Waals surface area contributed by atoms with Gasteiger partial charge >= 0.3 is 0 Å². The summed E-state index contributed by atoms with van der Waals surface area (Å²) in [5.74, 6) is 1.29. The first-order valence-corrected chi connectivity index (χ1v) is 6.97. The van der Waals surface area contributed by atoms with Crippen LogP contribution in [0, 0.1) is 0 Å². The maximum atomic E-state index is 5.65. The van der Waals surface area contributed by atoms with Crippen molar-refractivity contribution in [3.05, 3.63) is 11.7 Å². The van der Waals surface area contributed by atoms with Gasteiger partial charge in [-0.3, -0.25) is 4.90 Å². The summed E-state index contributed by atoms with van der Waals surface area (Å²) in [4.78, 5) is 6.86. The van der Waals surface area contributed by atoms with Gasteiger partial charge in [-0.05, 0) is 27.7 Å². The minimum Gasteiger partial charge on any atom is -0.368 e. The van der Waals surface area contributed by atoms with Crippen molar-refractivity contribution < 1.29 is 9.26 Å². The SMILES string of the molecule is CCOC(C)(C)c1noc(C(C)N2CCNCC2)n1. The average Bonchev–Trinajstić information content (AvgIpc) is 2.89. The maximum Gasteiger partial charge on any atom is 0.243 e. The topological polar surface area (TPSA) is 63.4 Å². The molecule has 0 spiro atoms. The lowest BCUT2D eigenvalue weighted by Crippen LogP contribution is -2.44. The van der Waals surface area contributed by atoms with Crippen LogP contribution in [0.4, 0.5) is 0 Å². The average molecular weight is 268 g/mol. The second kappa shape index (κ2) is 5.98. The molecule has 1 fully saturated rings. The first-order chi connectivity index (χ1) is 9.04. The Morgan fingerprint density at radius 2 is 2.11 bits per heavy atom. The number of rotatable bonds is 5. The molecule has 0 aliphatic carbocycles. The minimum absolute atomic E-state index is 0.153. The number of hydrogen-bond acceptors (Lipinski definition) is 6. The zero-order valence-electron chi connectivity index (χ0n) is 12.3. The molecule has 108 valence electrons. The third kappa shape index (κ3) is 3.32. The summed E-state index contributed by atoms with van der Waals surface area (Å²) in [6.07, 6.45) is 0.